The highest BCUT2D eigenvalue weighted by atomic mass is 32.2. The number of hydrogen-bond donors (Lipinski definition) is 2. The van der Waals surface area contributed by atoms with Crippen molar-refractivity contribution in [3.63, 3.8) is 0 Å². The van der Waals surface area contributed by atoms with Crippen LogP contribution in [0.4, 0.5) is 8.78 Å². The summed E-state index contributed by atoms with van der Waals surface area (Å²) >= 11 is -0.505. The molecule has 8 heteroatoms. The molecule has 0 saturated heterocycles. The number of halogens is 2. The largest absolute Gasteiger partial charge is 0.397 e. The number of amides is 1. The number of rotatable bonds is 5. The van der Waals surface area contributed by atoms with Gasteiger partial charge in [0.05, 0.1) is 0 Å². The summed E-state index contributed by atoms with van der Waals surface area (Å²) in [5, 5.41) is 9.74. The molecule has 0 aromatic rings. The van der Waals surface area contributed by atoms with Crippen LogP contribution in [-0.4, -0.2) is 22.0 Å². The summed E-state index contributed by atoms with van der Waals surface area (Å²) < 4.78 is 30.6. The summed E-state index contributed by atoms with van der Waals surface area (Å²) in [4.78, 5) is 11.7. The van der Waals surface area contributed by atoms with Gasteiger partial charge in [-0.05, 0) is 49.9 Å². The van der Waals surface area contributed by atoms with Crippen LogP contribution < -0.4 is 5.32 Å². The first-order valence-electron chi connectivity index (χ1n) is 6.31. The Hall–Kier alpha value is -0.440. The van der Waals surface area contributed by atoms with Crippen LogP contribution in [0.25, 0.3) is 0 Å². The normalized spacial score (nSPS) is 39.8. The lowest BCUT2D eigenvalue weighted by Gasteiger charge is -2.34. The first-order chi connectivity index (χ1) is 8.95. The minimum Gasteiger partial charge on any atom is -0.344 e. The fraction of sp³-hybridized carbons (Fsp3) is 0.909. The highest BCUT2D eigenvalue weighted by Gasteiger charge is 2.60. The van der Waals surface area contributed by atoms with Gasteiger partial charge in [-0.3, -0.25) is 4.79 Å². The zero-order valence-corrected chi connectivity index (χ0v) is 10.9. The molecule has 0 aliphatic heterocycles. The van der Waals surface area contributed by atoms with Crippen LogP contribution >= 0.6 is 12.0 Å². The molecule has 4 bridgehead atoms. The van der Waals surface area contributed by atoms with E-state index in [9.17, 15) is 13.6 Å². The number of nitrogens with one attached hydrogen (secondary N) is 1. The van der Waals surface area contributed by atoms with Gasteiger partial charge in [0.15, 0.2) is 0 Å². The molecule has 0 aromatic heterocycles. The summed E-state index contributed by atoms with van der Waals surface area (Å²) in [5.74, 6) is 0.0889. The molecule has 108 valence electrons. The van der Waals surface area contributed by atoms with Crippen molar-refractivity contribution in [3.05, 3.63) is 0 Å². The molecule has 4 fully saturated rings. The highest BCUT2D eigenvalue weighted by Crippen LogP contribution is 2.60. The van der Waals surface area contributed by atoms with Gasteiger partial charge in [-0.2, -0.15) is 8.78 Å². The van der Waals surface area contributed by atoms with Crippen molar-refractivity contribution in [3.8, 4) is 0 Å². The first-order valence-corrected chi connectivity index (χ1v) is 7.06. The minimum absolute atomic E-state index is 0.330. The van der Waals surface area contributed by atoms with E-state index in [0.29, 0.717) is 17.8 Å². The third-order valence-electron chi connectivity index (χ3n) is 4.79. The SMILES string of the molecule is O=C(NC12CC3CC(CC1C3)C2)C(F)(F)SOOO. The number of carbonyl (C=O) groups excluding carboxylic acids is 1. The fourth-order valence-corrected chi connectivity index (χ4v) is 4.64. The highest BCUT2D eigenvalue weighted by molar-refractivity contribution is 7.96. The third-order valence-corrected chi connectivity index (χ3v) is 5.31. The monoisotopic (exact) mass is 295 g/mol. The van der Waals surface area contributed by atoms with Crippen LogP contribution in [0.2, 0.25) is 0 Å². The topological polar surface area (TPSA) is 67.8 Å². The Kier molecular flexibility index (Phi) is 3.24. The Balaban J connectivity index is 1.67. The van der Waals surface area contributed by atoms with Crippen LogP contribution in [0, 0.1) is 17.8 Å². The number of hydrogen-bond acceptors (Lipinski definition) is 5. The van der Waals surface area contributed by atoms with Gasteiger partial charge < -0.3 is 5.32 Å². The Labute approximate surface area is 113 Å². The van der Waals surface area contributed by atoms with Gasteiger partial charge in [0, 0.05) is 5.54 Å². The van der Waals surface area contributed by atoms with E-state index >= 15 is 0 Å². The molecule has 0 heterocycles. The molecule has 4 rings (SSSR count). The van der Waals surface area contributed by atoms with Crippen molar-refractivity contribution in [2.24, 2.45) is 17.8 Å². The molecule has 2 atom stereocenters. The summed E-state index contributed by atoms with van der Waals surface area (Å²) in [5.41, 5.74) is -0.450. The van der Waals surface area contributed by atoms with Crippen LogP contribution in [0.5, 0.6) is 0 Å². The van der Waals surface area contributed by atoms with E-state index in [1.54, 1.807) is 0 Å². The van der Waals surface area contributed by atoms with Crippen LogP contribution in [0.3, 0.4) is 0 Å². The zero-order chi connectivity index (χ0) is 13.7. The van der Waals surface area contributed by atoms with Gasteiger partial charge >= 0.3 is 11.2 Å². The second-order valence-electron chi connectivity index (χ2n) is 5.90. The molecule has 0 spiro atoms. The van der Waals surface area contributed by atoms with E-state index in [1.807, 2.05) is 0 Å². The van der Waals surface area contributed by atoms with Crippen LogP contribution in [0.15, 0.2) is 0 Å². The van der Waals surface area contributed by atoms with Crippen LogP contribution in [0.1, 0.15) is 32.1 Å². The van der Waals surface area contributed by atoms with Crippen molar-refractivity contribution in [1.29, 1.82) is 0 Å². The van der Waals surface area contributed by atoms with Crippen LogP contribution in [-0.2, 0) is 14.2 Å². The molecule has 4 aliphatic carbocycles. The Bertz CT molecular complexity index is 381. The second kappa shape index (κ2) is 4.54. The second-order valence-corrected chi connectivity index (χ2v) is 6.71. The summed E-state index contributed by atoms with van der Waals surface area (Å²) in [7, 11) is 0. The fourth-order valence-electron chi connectivity index (χ4n) is 4.40. The molecule has 19 heavy (non-hydrogen) atoms. The summed E-state index contributed by atoms with van der Waals surface area (Å²) in [6.45, 7) is 0. The van der Waals surface area contributed by atoms with E-state index in [1.165, 1.54) is 6.42 Å². The van der Waals surface area contributed by atoms with Gasteiger partial charge in [-0.25, -0.2) is 5.26 Å². The van der Waals surface area contributed by atoms with E-state index in [2.05, 4.69) is 14.7 Å². The molecule has 4 saturated carbocycles. The van der Waals surface area contributed by atoms with Crippen molar-refractivity contribution in [2.45, 2.75) is 42.9 Å². The van der Waals surface area contributed by atoms with E-state index in [0.717, 1.165) is 25.7 Å². The standard InChI is InChI=1S/C11H15F2NO4S/c12-11(13,19-18-17-16)9(15)14-10-4-6-1-7(5-10)3-8(10)2-6/h6-8,16H,1-5H2,(H,14,15). The molecule has 0 radical (unpaired) electrons. The molecule has 2 unspecified atom stereocenters. The maximum Gasteiger partial charge on any atom is 0.397 e. The van der Waals surface area contributed by atoms with E-state index < -0.39 is 28.7 Å². The van der Waals surface area contributed by atoms with E-state index in [4.69, 9.17) is 5.26 Å². The predicted molar refractivity (Wildman–Crippen MR) is 61.8 cm³/mol. The Morgan fingerprint density at radius 3 is 2.53 bits per heavy atom. The number of carbonyl (C=O) groups is 1. The molecular weight excluding hydrogens is 280 g/mol. The van der Waals surface area contributed by atoms with Crippen molar-refractivity contribution >= 4 is 17.9 Å². The predicted octanol–water partition coefficient (Wildman–Crippen LogP) is 2.34. The molecule has 1 amide bonds. The lowest BCUT2D eigenvalue weighted by atomic mass is 9.80. The molecule has 0 aromatic carbocycles. The van der Waals surface area contributed by atoms with Crippen molar-refractivity contribution < 1.29 is 28.2 Å². The maximum absolute atomic E-state index is 13.5. The lowest BCUT2D eigenvalue weighted by molar-refractivity contribution is -0.433. The first kappa shape index (κ1) is 13.5. The Morgan fingerprint density at radius 1 is 1.32 bits per heavy atom. The molecule has 2 N–H and O–H groups in total. The average molecular weight is 295 g/mol. The minimum atomic E-state index is -3.78. The zero-order valence-electron chi connectivity index (χ0n) is 10.1. The van der Waals surface area contributed by atoms with Gasteiger partial charge in [-0.15, -0.1) is 4.33 Å². The summed E-state index contributed by atoms with van der Waals surface area (Å²) in [6.07, 6.45) is 4.84. The van der Waals surface area contributed by atoms with Gasteiger partial charge in [0.25, 0.3) is 0 Å². The third kappa shape index (κ3) is 2.24. The van der Waals surface area contributed by atoms with Gasteiger partial charge in [0.1, 0.15) is 12.0 Å². The van der Waals surface area contributed by atoms with Gasteiger partial charge in [-0.1, -0.05) is 5.04 Å². The number of alkyl halides is 2. The van der Waals surface area contributed by atoms with Crippen molar-refractivity contribution in [1.82, 2.24) is 5.32 Å². The molecule has 4 aliphatic rings. The van der Waals surface area contributed by atoms with E-state index in [-0.39, 0.29) is 0 Å². The van der Waals surface area contributed by atoms with Crippen molar-refractivity contribution in [2.75, 3.05) is 0 Å². The quantitative estimate of drug-likeness (QED) is 0.463. The smallest absolute Gasteiger partial charge is 0.344 e. The molecule has 5 nitrogen and oxygen atoms in total. The Morgan fingerprint density at radius 2 is 1.95 bits per heavy atom. The average Bonchev–Trinajstić information content (AvgIpc) is 2.71. The maximum atomic E-state index is 13.5. The molecular formula is C11H15F2NO4S. The summed E-state index contributed by atoms with van der Waals surface area (Å²) in [6, 6.07) is 0. The van der Waals surface area contributed by atoms with Gasteiger partial charge in [0.2, 0.25) is 0 Å². The lowest BCUT2D eigenvalue weighted by Crippen LogP contribution is -2.53.